The van der Waals surface area contributed by atoms with Crippen molar-refractivity contribution in [3.8, 4) is 5.75 Å². The Hall–Kier alpha value is -3.57. The van der Waals surface area contributed by atoms with Crippen LogP contribution in [0, 0.1) is 10.5 Å². The lowest BCUT2D eigenvalue weighted by Gasteiger charge is -2.28. The highest BCUT2D eigenvalue weighted by atomic mass is 127. The lowest BCUT2D eigenvalue weighted by Crippen LogP contribution is -2.29. The lowest BCUT2D eigenvalue weighted by molar-refractivity contribution is -0.111. The van der Waals surface area contributed by atoms with Gasteiger partial charge in [-0.3, -0.25) is 10.1 Å². The number of nitrogens with one attached hydrogen (secondary N) is 2. The predicted molar refractivity (Wildman–Crippen MR) is 158 cm³/mol. The summed E-state index contributed by atoms with van der Waals surface area (Å²) >= 11 is 2.14. The van der Waals surface area contributed by atoms with Crippen LogP contribution in [0.1, 0.15) is 37.0 Å². The third-order valence-electron chi connectivity index (χ3n) is 5.65. The normalized spacial score (nSPS) is 12.6. The molecule has 0 unspecified atom stereocenters. The number of anilines is 3. The molecule has 38 heavy (non-hydrogen) atoms. The molecule has 9 heteroatoms. The SMILES string of the molecule is CCO[C@@H](CC/C=C/C(=O)Nc1ccccc1N)[C@@H](OC(=O)Nc1ccc(C)cc1)c1cc(I)ccc1O. The number of hydrogen-bond donors (Lipinski definition) is 4. The largest absolute Gasteiger partial charge is 0.508 e. The second-order valence-corrected chi connectivity index (χ2v) is 9.82. The van der Waals surface area contributed by atoms with Crippen LogP contribution in [-0.2, 0) is 14.3 Å². The molecule has 0 aromatic heterocycles. The van der Waals surface area contributed by atoms with Gasteiger partial charge in [-0.2, -0.15) is 0 Å². The van der Waals surface area contributed by atoms with Crippen LogP contribution in [0.5, 0.6) is 5.75 Å². The molecule has 2 amide bonds. The minimum Gasteiger partial charge on any atom is -0.508 e. The van der Waals surface area contributed by atoms with Crippen LogP contribution in [-0.4, -0.2) is 29.8 Å². The molecular weight excluding hydrogens is 597 g/mol. The van der Waals surface area contributed by atoms with Crippen molar-refractivity contribution in [2.24, 2.45) is 0 Å². The van der Waals surface area contributed by atoms with Gasteiger partial charge in [0.2, 0.25) is 5.91 Å². The first-order valence-corrected chi connectivity index (χ1v) is 13.3. The Morgan fingerprint density at radius 3 is 2.53 bits per heavy atom. The number of carbonyl (C=O) groups is 2. The van der Waals surface area contributed by atoms with Gasteiger partial charge in [0.1, 0.15) is 5.75 Å². The number of aromatic hydroxyl groups is 1. The van der Waals surface area contributed by atoms with Crippen molar-refractivity contribution >= 4 is 51.7 Å². The predicted octanol–water partition coefficient (Wildman–Crippen LogP) is 6.56. The molecule has 0 fully saturated rings. The van der Waals surface area contributed by atoms with Crippen LogP contribution < -0.4 is 16.4 Å². The van der Waals surface area contributed by atoms with Gasteiger partial charge < -0.3 is 25.6 Å². The second kappa shape index (κ2) is 14.4. The third-order valence-corrected chi connectivity index (χ3v) is 6.32. The molecule has 0 spiro atoms. The van der Waals surface area contributed by atoms with Gasteiger partial charge in [0.05, 0.1) is 17.5 Å². The Labute approximate surface area is 236 Å². The average Bonchev–Trinajstić information content (AvgIpc) is 2.89. The number of carbonyl (C=O) groups excluding carboxylic acids is 2. The van der Waals surface area contributed by atoms with E-state index in [4.69, 9.17) is 15.2 Å². The molecular formula is C29H32IN3O5. The number of aryl methyl sites for hydroxylation is 1. The van der Waals surface area contributed by atoms with Crippen molar-refractivity contribution in [3.05, 3.63) is 93.6 Å². The van der Waals surface area contributed by atoms with E-state index in [0.29, 0.717) is 42.1 Å². The fraction of sp³-hybridized carbons (Fsp3) is 0.241. The van der Waals surface area contributed by atoms with Crippen LogP contribution >= 0.6 is 22.6 Å². The molecule has 0 aliphatic rings. The van der Waals surface area contributed by atoms with E-state index >= 15 is 0 Å². The number of nitrogens with two attached hydrogens (primary N) is 1. The van der Waals surface area contributed by atoms with Gasteiger partial charge in [0.25, 0.3) is 0 Å². The van der Waals surface area contributed by atoms with Gasteiger partial charge in [-0.15, -0.1) is 0 Å². The Kier molecular flexibility index (Phi) is 11.0. The number of phenols is 1. The maximum atomic E-state index is 12.9. The summed E-state index contributed by atoms with van der Waals surface area (Å²) in [6.45, 7) is 4.17. The number of rotatable bonds is 11. The summed E-state index contributed by atoms with van der Waals surface area (Å²) in [5.74, 6) is -0.310. The summed E-state index contributed by atoms with van der Waals surface area (Å²) in [5.41, 5.74) is 8.99. The summed E-state index contributed by atoms with van der Waals surface area (Å²) in [7, 11) is 0. The van der Waals surface area contributed by atoms with Gasteiger partial charge in [-0.25, -0.2) is 4.79 Å². The summed E-state index contributed by atoms with van der Waals surface area (Å²) < 4.78 is 12.7. The third kappa shape index (κ3) is 8.77. The monoisotopic (exact) mass is 629 g/mol. The zero-order valence-corrected chi connectivity index (χ0v) is 23.5. The Balaban J connectivity index is 1.73. The molecule has 0 radical (unpaired) electrons. The van der Waals surface area contributed by atoms with Crippen molar-refractivity contribution in [1.29, 1.82) is 0 Å². The highest BCUT2D eigenvalue weighted by Crippen LogP contribution is 2.34. The number of halogens is 1. The first-order chi connectivity index (χ1) is 18.3. The van der Waals surface area contributed by atoms with Crippen LogP contribution in [0.3, 0.4) is 0 Å². The number of benzene rings is 3. The van der Waals surface area contributed by atoms with E-state index in [1.54, 1.807) is 60.7 Å². The first-order valence-electron chi connectivity index (χ1n) is 12.2. The van der Waals surface area contributed by atoms with E-state index in [1.165, 1.54) is 6.08 Å². The molecule has 200 valence electrons. The molecule has 0 aliphatic carbocycles. The number of nitrogen functional groups attached to an aromatic ring is 1. The summed E-state index contributed by atoms with van der Waals surface area (Å²) in [6, 6.07) is 19.4. The van der Waals surface area contributed by atoms with Crippen molar-refractivity contribution in [2.75, 3.05) is 23.0 Å². The molecule has 2 atom stereocenters. The second-order valence-electron chi connectivity index (χ2n) is 8.57. The minimum atomic E-state index is -0.888. The Bertz CT molecular complexity index is 1260. The van der Waals surface area contributed by atoms with Crippen molar-refractivity contribution in [3.63, 3.8) is 0 Å². The molecule has 0 bridgehead atoms. The summed E-state index contributed by atoms with van der Waals surface area (Å²) in [6.07, 6.45) is 1.91. The fourth-order valence-electron chi connectivity index (χ4n) is 3.76. The Morgan fingerprint density at radius 1 is 1.08 bits per heavy atom. The Morgan fingerprint density at radius 2 is 1.82 bits per heavy atom. The molecule has 0 saturated carbocycles. The highest BCUT2D eigenvalue weighted by molar-refractivity contribution is 14.1. The number of hydrogen-bond acceptors (Lipinski definition) is 6. The van der Waals surface area contributed by atoms with Crippen LogP contribution in [0.2, 0.25) is 0 Å². The molecule has 5 N–H and O–H groups in total. The van der Waals surface area contributed by atoms with Gasteiger partial charge in [0.15, 0.2) is 6.10 Å². The highest BCUT2D eigenvalue weighted by Gasteiger charge is 2.30. The summed E-state index contributed by atoms with van der Waals surface area (Å²) in [4.78, 5) is 25.2. The zero-order chi connectivity index (χ0) is 27.5. The first kappa shape index (κ1) is 29.0. The van der Waals surface area contributed by atoms with E-state index in [-0.39, 0.29) is 11.7 Å². The van der Waals surface area contributed by atoms with E-state index in [0.717, 1.165) is 9.13 Å². The van der Waals surface area contributed by atoms with E-state index in [1.807, 2.05) is 26.0 Å². The van der Waals surface area contributed by atoms with E-state index in [9.17, 15) is 14.7 Å². The number of amides is 2. The quantitative estimate of drug-likeness (QED) is 0.108. The van der Waals surface area contributed by atoms with E-state index in [2.05, 4.69) is 33.2 Å². The molecule has 0 saturated heterocycles. The van der Waals surface area contributed by atoms with Crippen molar-refractivity contribution in [2.45, 2.75) is 38.9 Å². The fourth-order valence-corrected chi connectivity index (χ4v) is 4.28. The van der Waals surface area contributed by atoms with Crippen molar-refractivity contribution in [1.82, 2.24) is 0 Å². The van der Waals surface area contributed by atoms with Crippen molar-refractivity contribution < 1.29 is 24.2 Å². The number of phenolic OH excluding ortho intramolecular Hbond substituents is 1. The van der Waals surface area contributed by atoms with Gasteiger partial charge in [-0.05, 0) is 97.8 Å². The van der Waals surface area contributed by atoms with Gasteiger partial charge in [-0.1, -0.05) is 35.9 Å². The van der Waals surface area contributed by atoms with Crippen LogP contribution in [0.25, 0.3) is 0 Å². The topological polar surface area (TPSA) is 123 Å². The smallest absolute Gasteiger partial charge is 0.412 e. The van der Waals surface area contributed by atoms with Gasteiger partial charge >= 0.3 is 6.09 Å². The molecule has 0 heterocycles. The van der Waals surface area contributed by atoms with Crippen LogP contribution in [0.15, 0.2) is 78.9 Å². The molecule has 3 rings (SSSR count). The zero-order valence-electron chi connectivity index (χ0n) is 21.3. The minimum absolute atomic E-state index is 0.00127. The van der Waals surface area contributed by atoms with Crippen LogP contribution in [0.4, 0.5) is 21.9 Å². The molecule has 3 aromatic rings. The molecule has 8 nitrogen and oxygen atoms in total. The maximum absolute atomic E-state index is 12.9. The number of ether oxygens (including phenoxy) is 2. The summed E-state index contributed by atoms with van der Waals surface area (Å²) in [5, 5.41) is 16.1. The van der Waals surface area contributed by atoms with E-state index < -0.39 is 18.3 Å². The number of para-hydroxylation sites is 2. The van der Waals surface area contributed by atoms with Gasteiger partial charge in [0, 0.05) is 21.4 Å². The molecule has 0 aliphatic heterocycles. The number of allylic oxidation sites excluding steroid dienone is 1. The maximum Gasteiger partial charge on any atom is 0.412 e. The standard InChI is InChI=1S/C29H32IN3O5/c1-3-37-26(10-6-7-11-27(35)33-24-9-5-4-8-23(24)31)28(22-18-20(30)14-17-25(22)34)38-29(36)32-21-15-12-19(2)13-16-21/h4-5,7-9,11-18,26,28,34H,3,6,10,31H2,1-2H3,(H,32,36)(H,33,35)/b11-7+/t26-,28-/m0/s1. The molecule has 3 aromatic carbocycles. The lowest BCUT2D eigenvalue weighted by atomic mass is 9.99. The average molecular weight is 629 g/mol.